The molecule has 166 valence electrons. The number of benzene rings is 1. The number of amides is 1. The number of aromatic nitrogens is 2. The molecule has 1 atom stereocenters. The normalized spacial score (nSPS) is 18.2. The molecule has 2 heterocycles. The van der Waals surface area contributed by atoms with Crippen molar-refractivity contribution in [2.24, 2.45) is 5.92 Å². The zero-order valence-corrected chi connectivity index (χ0v) is 18.2. The zero-order valence-electron chi connectivity index (χ0n) is 18.2. The number of ether oxygens (including phenoxy) is 1. The summed E-state index contributed by atoms with van der Waals surface area (Å²) in [6, 6.07) is 10.3. The van der Waals surface area contributed by atoms with Gasteiger partial charge in [-0.1, -0.05) is 43.2 Å². The first-order valence-corrected chi connectivity index (χ1v) is 11.4. The number of H-pyrrole nitrogens is 1. The van der Waals surface area contributed by atoms with Gasteiger partial charge in [0.25, 0.3) is 5.56 Å². The fraction of sp³-hybridized carbons (Fsp3) is 0.542. The molecule has 1 unspecified atom stereocenters. The summed E-state index contributed by atoms with van der Waals surface area (Å²) in [5.41, 5.74) is 2.28. The van der Waals surface area contributed by atoms with E-state index in [-0.39, 0.29) is 23.9 Å². The third-order valence-electron chi connectivity index (χ3n) is 6.47. The predicted octanol–water partition coefficient (Wildman–Crippen LogP) is 2.90. The zero-order chi connectivity index (χ0) is 21.6. The molecule has 31 heavy (non-hydrogen) atoms. The Bertz CT molecular complexity index is 932. The van der Waals surface area contributed by atoms with Crippen molar-refractivity contribution in [3.8, 4) is 0 Å². The van der Waals surface area contributed by atoms with E-state index >= 15 is 0 Å². The quantitative estimate of drug-likeness (QED) is 0.714. The number of hydrogen-bond donors (Lipinski definition) is 2. The number of aryl methyl sites for hydroxylation is 1. The number of rotatable bonds is 7. The Labute approximate surface area is 183 Å². The van der Waals surface area contributed by atoms with Crippen LogP contribution in [0.1, 0.15) is 55.0 Å². The number of aromatic amines is 1. The number of morpholine rings is 1. The highest BCUT2D eigenvalue weighted by Gasteiger charge is 2.27. The Balaban J connectivity index is 1.41. The lowest BCUT2D eigenvalue weighted by Gasteiger charge is -2.27. The van der Waals surface area contributed by atoms with E-state index in [0.717, 1.165) is 18.4 Å². The van der Waals surface area contributed by atoms with Crippen LogP contribution in [0.4, 0.5) is 5.95 Å². The summed E-state index contributed by atoms with van der Waals surface area (Å²) >= 11 is 0. The van der Waals surface area contributed by atoms with E-state index in [2.05, 4.69) is 27.4 Å². The molecule has 2 N–H and O–H groups in total. The molecule has 1 saturated heterocycles. The second kappa shape index (κ2) is 10.1. The van der Waals surface area contributed by atoms with Gasteiger partial charge in [0.2, 0.25) is 11.9 Å². The fourth-order valence-electron chi connectivity index (χ4n) is 4.72. The molecule has 1 aromatic carbocycles. The highest BCUT2D eigenvalue weighted by atomic mass is 16.5. The molecule has 0 bridgehead atoms. The van der Waals surface area contributed by atoms with Crippen LogP contribution in [-0.2, 0) is 16.0 Å². The van der Waals surface area contributed by atoms with E-state index < -0.39 is 0 Å². The largest absolute Gasteiger partial charge is 0.378 e. The van der Waals surface area contributed by atoms with Gasteiger partial charge < -0.3 is 15.0 Å². The predicted molar refractivity (Wildman–Crippen MR) is 120 cm³/mol. The topological polar surface area (TPSA) is 87.3 Å². The van der Waals surface area contributed by atoms with Crippen LogP contribution in [0.3, 0.4) is 0 Å². The van der Waals surface area contributed by atoms with Gasteiger partial charge >= 0.3 is 0 Å². The van der Waals surface area contributed by atoms with Crippen LogP contribution in [0.25, 0.3) is 0 Å². The molecular weight excluding hydrogens is 392 g/mol. The highest BCUT2D eigenvalue weighted by Crippen LogP contribution is 2.35. The standard InChI is InChI=1S/C24H32N4O3/c1-17-20(23(30)27-24(25-17)28-13-15-31-16-14-28)11-12-21(29)26-22(19-9-5-6-10-19)18-7-3-2-4-8-18/h2-4,7-8,19,22H,5-6,9-16H2,1H3,(H,26,29)(H,25,27,30). The second-order valence-corrected chi connectivity index (χ2v) is 8.55. The maximum atomic E-state index is 12.8. The van der Waals surface area contributed by atoms with E-state index in [1.807, 2.05) is 30.0 Å². The Morgan fingerprint density at radius 2 is 1.94 bits per heavy atom. The monoisotopic (exact) mass is 424 g/mol. The van der Waals surface area contributed by atoms with Crippen LogP contribution >= 0.6 is 0 Å². The van der Waals surface area contributed by atoms with Crippen molar-refractivity contribution in [1.82, 2.24) is 15.3 Å². The van der Waals surface area contributed by atoms with Crippen LogP contribution < -0.4 is 15.8 Å². The molecule has 2 aliphatic rings. The van der Waals surface area contributed by atoms with Gasteiger partial charge in [0.15, 0.2) is 0 Å². The van der Waals surface area contributed by atoms with Crippen molar-refractivity contribution >= 4 is 11.9 Å². The van der Waals surface area contributed by atoms with Gasteiger partial charge in [0.1, 0.15) is 0 Å². The number of hydrogen-bond acceptors (Lipinski definition) is 5. The number of nitrogens with one attached hydrogen (secondary N) is 2. The number of anilines is 1. The second-order valence-electron chi connectivity index (χ2n) is 8.55. The van der Waals surface area contributed by atoms with Gasteiger partial charge in [-0.3, -0.25) is 14.6 Å². The molecule has 0 radical (unpaired) electrons. The maximum absolute atomic E-state index is 12.8. The average Bonchev–Trinajstić information content (AvgIpc) is 3.32. The van der Waals surface area contributed by atoms with Gasteiger partial charge in [0.05, 0.1) is 19.3 Å². The lowest BCUT2D eigenvalue weighted by atomic mass is 9.91. The Morgan fingerprint density at radius 3 is 2.61 bits per heavy atom. The fourth-order valence-corrected chi connectivity index (χ4v) is 4.72. The van der Waals surface area contributed by atoms with E-state index in [0.29, 0.717) is 55.8 Å². The van der Waals surface area contributed by atoms with E-state index in [1.165, 1.54) is 12.8 Å². The summed E-state index contributed by atoms with van der Waals surface area (Å²) in [7, 11) is 0. The first-order valence-electron chi connectivity index (χ1n) is 11.4. The summed E-state index contributed by atoms with van der Waals surface area (Å²) < 4.78 is 5.36. The van der Waals surface area contributed by atoms with Gasteiger partial charge in [-0.2, -0.15) is 0 Å². The summed E-state index contributed by atoms with van der Waals surface area (Å²) in [6.07, 6.45) is 5.39. The van der Waals surface area contributed by atoms with Crippen molar-refractivity contribution in [1.29, 1.82) is 0 Å². The molecule has 1 amide bonds. The minimum absolute atomic E-state index is 0.0168. The molecule has 1 aliphatic heterocycles. The van der Waals surface area contributed by atoms with Gasteiger partial charge in [-0.25, -0.2) is 4.98 Å². The molecule has 0 spiro atoms. The van der Waals surface area contributed by atoms with Crippen LogP contribution in [0.2, 0.25) is 0 Å². The number of carbonyl (C=O) groups excluding carboxylic acids is 1. The molecule has 2 fully saturated rings. The lowest BCUT2D eigenvalue weighted by molar-refractivity contribution is -0.122. The van der Waals surface area contributed by atoms with E-state index in [4.69, 9.17) is 4.74 Å². The summed E-state index contributed by atoms with van der Waals surface area (Å²) in [4.78, 5) is 35.0. The van der Waals surface area contributed by atoms with E-state index in [1.54, 1.807) is 0 Å². The summed E-state index contributed by atoms with van der Waals surface area (Å²) in [5, 5.41) is 3.25. The molecule has 1 saturated carbocycles. The number of nitrogens with zero attached hydrogens (tertiary/aromatic N) is 2. The Kier molecular flexibility index (Phi) is 7.02. The molecule has 7 heteroatoms. The smallest absolute Gasteiger partial charge is 0.255 e. The van der Waals surface area contributed by atoms with Crippen molar-refractivity contribution in [3.05, 3.63) is 57.5 Å². The minimum Gasteiger partial charge on any atom is -0.378 e. The molecular formula is C24H32N4O3. The highest BCUT2D eigenvalue weighted by molar-refractivity contribution is 5.76. The van der Waals surface area contributed by atoms with Crippen LogP contribution in [0.5, 0.6) is 0 Å². The average molecular weight is 425 g/mol. The van der Waals surface area contributed by atoms with Gasteiger partial charge in [-0.05, 0) is 37.7 Å². The SMILES string of the molecule is Cc1nc(N2CCOCC2)[nH]c(=O)c1CCC(=O)NC(c1ccccc1)C1CCCC1. The van der Waals surface area contributed by atoms with Crippen molar-refractivity contribution in [2.45, 2.75) is 51.5 Å². The van der Waals surface area contributed by atoms with E-state index in [9.17, 15) is 9.59 Å². The van der Waals surface area contributed by atoms with Gasteiger partial charge in [0, 0.05) is 30.8 Å². The Hall–Kier alpha value is -2.67. The lowest BCUT2D eigenvalue weighted by Crippen LogP contribution is -2.39. The molecule has 7 nitrogen and oxygen atoms in total. The van der Waals surface area contributed by atoms with Crippen LogP contribution in [0, 0.1) is 12.8 Å². The molecule has 4 rings (SSSR count). The molecule has 2 aromatic rings. The van der Waals surface area contributed by atoms with Crippen molar-refractivity contribution < 1.29 is 9.53 Å². The van der Waals surface area contributed by atoms with Crippen molar-refractivity contribution in [3.63, 3.8) is 0 Å². The Morgan fingerprint density at radius 1 is 1.23 bits per heavy atom. The third kappa shape index (κ3) is 5.34. The summed E-state index contributed by atoms with van der Waals surface area (Å²) in [6.45, 7) is 4.54. The van der Waals surface area contributed by atoms with Gasteiger partial charge in [-0.15, -0.1) is 0 Å². The van der Waals surface area contributed by atoms with Crippen LogP contribution in [0.15, 0.2) is 35.1 Å². The summed E-state index contributed by atoms with van der Waals surface area (Å²) in [5.74, 6) is 1.05. The molecule has 1 aliphatic carbocycles. The minimum atomic E-state index is -0.155. The number of carbonyl (C=O) groups is 1. The first-order chi connectivity index (χ1) is 15.1. The van der Waals surface area contributed by atoms with Crippen LogP contribution in [-0.4, -0.2) is 42.2 Å². The first kappa shape index (κ1) is 21.6. The maximum Gasteiger partial charge on any atom is 0.255 e. The third-order valence-corrected chi connectivity index (χ3v) is 6.47. The molecule has 1 aromatic heterocycles. The van der Waals surface area contributed by atoms with Crippen molar-refractivity contribution in [2.75, 3.05) is 31.2 Å².